The van der Waals surface area contributed by atoms with Crippen molar-refractivity contribution >= 4 is 16.8 Å². The lowest BCUT2D eigenvalue weighted by molar-refractivity contribution is 0.0936. The number of carbonyl (C=O) groups excluding carboxylic acids is 1. The van der Waals surface area contributed by atoms with Gasteiger partial charge in [0.25, 0.3) is 5.91 Å². The standard InChI is InChI=1S/C23H19N3O3/c1-29-17-13-11-16(12-14-17)20(15-7-3-2-4-8-15)24-23(28)21-22(27)18-9-5-6-10-19(18)25-26-21/h2-14,20H,1H3,(H,24,28)(H,25,27). The third kappa shape index (κ3) is 3.73. The number of nitrogens with zero attached hydrogens (tertiary/aromatic N) is 1. The van der Waals surface area contributed by atoms with E-state index in [1.807, 2.05) is 54.6 Å². The molecule has 1 atom stereocenters. The second kappa shape index (κ2) is 7.98. The quantitative estimate of drug-likeness (QED) is 0.551. The summed E-state index contributed by atoms with van der Waals surface area (Å²) in [4.78, 5) is 25.7. The average molecular weight is 385 g/mol. The number of amides is 1. The minimum absolute atomic E-state index is 0.168. The van der Waals surface area contributed by atoms with E-state index in [0.717, 1.165) is 16.9 Å². The first-order valence-electron chi connectivity index (χ1n) is 9.14. The van der Waals surface area contributed by atoms with Crippen molar-refractivity contribution in [1.82, 2.24) is 15.5 Å². The third-order valence-electron chi connectivity index (χ3n) is 4.75. The molecule has 0 fully saturated rings. The van der Waals surface area contributed by atoms with Gasteiger partial charge in [0.05, 0.1) is 18.7 Å². The number of hydrogen-bond acceptors (Lipinski definition) is 4. The molecule has 1 aromatic heterocycles. The molecule has 1 unspecified atom stereocenters. The van der Waals surface area contributed by atoms with Gasteiger partial charge in [0, 0.05) is 5.39 Å². The predicted molar refractivity (Wildman–Crippen MR) is 111 cm³/mol. The number of carbonyl (C=O) groups is 1. The van der Waals surface area contributed by atoms with Crippen LogP contribution >= 0.6 is 0 Å². The van der Waals surface area contributed by atoms with Crippen LogP contribution in [-0.2, 0) is 0 Å². The van der Waals surface area contributed by atoms with Crippen molar-refractivity contribution in [2.24, 2.45) is 0 Å². The van der Waals surface area contributed by atoms with E-state index in [9.17, 15) is 9.59 Å². The number of aromatic amines is 1. The molecule has 6 nitrogen and oxygen atoms in total. The van der Waals surface area contributed by atoms with Crippen molar-refractivity contribution in [3.63, 3.8) is 0 Å². The number of aromatic nitrogens is 2. The number of rotatable bonds is 5. The molecule has 0 radical (unpaired) electrons. The second-order valence-electron chi connectivity index (χ2n) is 6.54. The predicted octanol–water partition coefficient (Wildman–Crippen LogP) is 3.45. The van der Waals surface area contributed by atoms with Gasteiger partial charge in [-0.2, -0.15) is 5.10 Å². The largest absolute Gasteiger partial charge is 0.497 e. The Morgan fingerprint density at radius 1 is 0.931 bits per heavy atom. The van der Waals surface area contributed by atoms with Crippen LogP contribution in [0.15, 0.2) is 83.7 Å². The molecule has 0 aliphatic carbocycles. The molecule has 0 bridgehead atoms. The van der Waals surface area contributed by atoms with Crippen LogP contribution in [-0.4, -0.2) is 23.2 Å². The summed E-state index contributed by atoms with van der Waals surface area (Å²) in [5.41, 5.74) is 1.77. The molecule has 2 N–H and O–H groups in total. The van der Waals surface area contributed by atoms with E-state index in [0.29, 0.717) is 10.9 Å². The average Bonchev–Trinajstić information content (AvgIpc) is 2.78. The Balaban J connectivity index is 1.71. The summed E-state index contributed by atoms with van der Waals surface area (Å²) < 4.78 is 5.22. The number of ether oxygens (including phenoxy) is 1. The Kier molecular flexibility index (Phi) is 5.07. The summed E-state index contributed by atoms with van der Waals surface area (Å²) in [6, 6.07) is 23.5. The molecule has 3 aromatic carbocycles. The van der Waals surface area contributed by atoms with Gasteiger partial charge < -0.3 is 10.1 Å². The molecule has 0 spiro atoms. The van der Waals surface area contributed by atoms with Crippen LogP contribution in [0.5, 0.6) is 5.75 Å². The number of fused-ring (bicyclic) bond motifs is 1. The normalized spacial score (nSPS) is 11.8. The van der Waals surface area contributed by atoms with E-state index in [4.69, 9.17) is 4.74 Å². The Morgan fingerprint density at radius 3 is 2.31 bits per heavy atom. The zero-order valence-corrected chi connectivity index (χ0v) is 15.8. The highest BCUT2D eigenvalue weighted by atomic mass is 16.5. The Hall–Kier alpha value is -3.93. The minimum atomic E-state index is -0.540. The highest BCUT2D eigenvalue weighted by molar-refractivity contribution is 5.95. The second-order valence-corrected chi connectivity index (χ2v) is 6.54. The number of H-pyrrole nitrogens is 1. The van der Waals surface area contributed by atoms with Crippen LogP contribution in [0, 0.1) is 0 Å². The summed E-state index contributed by atoms with van der Waals surface area (Å²) in [6.07, 6.45) is 0. The maximum Gasteiger partial charge on any atom is 0.276 e. The summed E-state index contributed by atoms with van der Waals surface area (Å²) >= 11 is 0. The van der Waals surface area contributed by atoms with Gasteiger partial charge in [-0.3, -0.25) is 14.7 Å². The van der Waals surface area contributed by atoms with Gasteiger partial charge in [-0.25, -0.2) is 0 Å². The van der Waals surface area contributed by atoms with E-state index in [1.54, 1.807) is 31.4 Å². The lowest BCUT2D eigenvalue weighted by Crippen LogP contribution is -2.34. The topological polar surface area (TPSA) is 84.1 Å². The SMILES string of the molecule is COc1ccc(C(NC(=O)c2n[nH]c3ccccc3c2=O)c2ccccc2)cc1. The van der Waals surface area contributed by atoms with Crippen LogP contribution in [0.2, 0.25) is 0 Å². The lowest BCUT2D eigenvalue weighted by atomic mass is 9.98. The van der Waals surface area contributed by atoms with E-state index in [1.165, 1.54) is 0 Å². The molecule has 4 rings (SSSR count). The smallest absolute Gasteiger partial charge is 0.276 e. The van der Waals surface area contributed by atoms with Crippen LogP contribution in [0.3, 0.4) is 0 Å². The molecule has 0 saturated heterocycles. The molecule has 1 amide bonds. The van der Waals surface area contributed by atoms with E-state index in [2.05, 4.69) is 15.5 Å². The van der Waals surface area contributed by atoms with Gasteiger partial charge in [0.1, 0.15) is 5.75 Å². The van der Waals surface area contributed by atoms with Gasteiger partial charge in [-0.15, -0.1) is 0 Å². The molecular formula is C23H19N3O3. The van der Waals surface area contributed by atoms with Crippen molar-refractivity contribution < 1.29 is 9.53 Å². The first kappa shape index (κ1) is 18.4. The molecule has 0 aliphatic heterocycles. The van der Waals surface area contributed by atoms with E-state index >= 15 is 0 Å². The van der Waals surface area contributed by atoms with Crippen molar-refractivity contribution in [3.8, 4) is 5.75 Å². The maximum atomic E-state index is 13.0. The molecule has 6 heteroatoms. The summed E-state index contributed by atoms with van der Waals surface area (Å²) in [6.45, 7) is 0. The monoisotopic (exact) mass is 385 g/mol. The fourth-order valence-corrected chi connectivity index (χ4v) is 3.23. The fourth-order valence-electron chi connectivity index (χ4n) is 3.23. The number of para-hydroxylation sites is 1. The van der Waals surface area contributed by atoms with Gasteiger partial charge >= 0.3 is 0 Å². The fraction of sp³-hybridized carbons (Fsp3) is 0.0870. The van der Waals surface area contributed by atoms with Gasteiger partial charge in [-0.05, 0) is 35.4 Å². The number of methoxy groups -OCH3 is 1. The van der Waals surface area contributed by atoms with Gasteiger partial charge in [0.15, 0.2) is 5.69 Å². The third-order valence-corrected chi connectivity index (χ3v) is 4.75. The van der Waals surface area contributed by atoms with Gasteiger partial charge in [0.2, 0.25) is 5.43 Å². The van der Waals surface area contributed by atoms with Crippen LogP contribution < -0.4 is 15.5 Å². The first-order chi connectivity index (χ1) is 14.2. The zero-order chi connectivity index (χ0) is 20.2. The van der Waals surface area contributed by atoms with Crippen LogP contribution in [0.25, 0.3) is 10.9 Å². The first-order valence-corrected chi connectivity index (χ1v) is 9.14. The molecular weight excluding hydrogens is 366 g/mol. The minimum Gasteiger partial charge on any atom is -0.497 e. The van der Waals surface area contributed by atoms with E-state index < -0.39 is 17.4 Å². The number of nitrogens with one attached hydrogen (secondary N) is 2. The number of benzene rings is 3. The van der Waals surface area contributed by atoms with Crippen molar-refractivity contribution in [2.75, 3.05) is 7.11 Å². The molecule has 0 aliphatic rings. The molecule has 144 valence electrons. The summed E-state index contributed by atoms with van der Waals surface area (Å²) in [5, 5.41) is 10.2. The van der Waals surface area contributed by atoms with Gasteiger partial charge in [-0.1, -0.05) is 54.6 Å². The van der Waals surface area contributed by atoms with Crippen LogP contribution in [0.1, 0.15) is 27.7 Å². The molecule has 1 heterocycles. The zero-order valence-electron chi connectivity index (χ0n) is 15.8. The maximum absolute atomic E-state index is 13.0. The molecule has 0 saturated carbocycles. The van der Waals surface area contributed by atoms with Crippen molar-refractivity contribution in [2.45, 2.75) is 6.04 Å². The highest BCUT2D eigenvalue weighted by Gasteiger charge is 2.21. The highest BCUT2D eigenvalue weighted by Crippen LogP contribution is 2.24. The lowest BCUT2D eigenvalue weighted by Gasteiger charge is -2.20. The Labute approximate surface area is 167 Å². The number of hydrogen-bond donors (Lipinski definition) is 2. The van der Waals surface area contributed by atoms with Crippen molar-refractivity contribution in [3.05, 3.63) is 106 Å². The molecule has 4 aromatic rings. The van der Waals surface area contributed by atoms with Crippen molar-refractivity contribution in [1.29, 1.82) is 0 Å². The Morgan fingerprint density at radius 2 is 1.59 bits per heavy atom. The summed E-state index contributed by atoms with van der Waals surface area (Å²) in [5.74, 6) is 0.182. The van der Waals surface area contributed by atoms with Crippen LogP contribution in [0.4, 0.5) is 0 Å². The van der Waals surface area contributed by atoms with E-state index in [-0.39, 0.29) is 5.69 Å². The Bertz CT molecular complexity index is 1200. The summed E-state index contributed by atoms with van der Waals surface area (Å²) in [7, 11) is 1.60. The molecule has 29 heavy (non-hydrogen) atoms.